The Morgan fingerprint density at radius 3 is 2.66 bits per heavy atom. The van der Waals surface area contributed by atoms with Gasteiger partial charge in [-0.2, -0.15) is 0 Å². The van der Waals surface area contributed by atoms with E-state index in [1.807, 2.05) is 0 Å². The number of likely N-dealkylation sites (N-methyl/N-ethyl adjacent to an activating group) is 1. The van der Waals surface area contributed by atoms with Crippen LogP contribution in [0.4, 0.5) is 11.4 Å². The van der Waals surface area contributed by atoms with Crippen LogP contribution in [0.15, 0.2) is 42.5 Å². The molecule has 3 amide bonds. The summed E-state index contributed by atoms with van der Waals surface area (Å²) >= 11 is 0. The number of rotatable bonds is 7. The maximum Gasteiger partial charge on any atom is 0.239 e. The van der Waals surface area contributed by atoms with E-state index in [1.54, 1.807) is 49.6 Å². The van der Waals surface area contributed by atoms with E-state index in [4.69, 9.17) is 15.9 Å². The highest BCUT2D eigenvalue weighted by Crippen LogP contribution is 2.36. The Kier molecular flexibility index (Phi) is 7.00. The number of amides is 3. The molecular weight excluding hydrogens is 410 g/mol. The summed E-state index contributed by atoms with van der Waals surface area (Å²) in [6, 6.07) is 12.0. The second kappa shape index (κ2) is 9.88. The Hall–Kier alpha value is -3.99. The smallest absolute Gasteiger partial charge is 0.239 e. The van der Waals surface area contributed by atoms with Gasteiger partial charge >= 0.3 is 0 Å². The van der Waals surface area contributed by atoms with Gasteiger partial charge in [0.25, 0.3) is 0 Å². The van der Waals surface area contributed by atoms with Crippen molar-refractivity contribution in [3.63, 3.8) is 0 Å². The molecule has 0 spiro atoms. The van der Waals surface area contributed by atoms with Crippen LogP contribution in [-0.2, 0) is 14.4 Å². The van der Waals surface area contributed by atoms with Crippen molar-refractivity contribution in [3.05, 3.63) is 48.0 Å². The fraction of sp³-hybridized carbons (Fsp3) is 0.292. The number of methoxy groups -OCH3 is 2. The first kappa shape index (κ1) is 22.7. The summed E-state index contributed by atoms with van der Waals surface area (Å²) in [7, 11) is 4.55. The van der Waals surface area contributed by atoms with Gasteiger partial charge < -0.3 is 24.6 Å². The molecule has 2 aromatic carbocycles. The molecule has 0 radical (unpaired) electrons. The molecule has 2 aromatic rings. The molecule has 1 unspecified atom stereocenters. The molecule has 8 heteroatoms. The third-order valence-corrected chi connectivity index (χ3v) is 5.32. The Morgan fingerprint density at radius 1 is 1.22 bits per heavy atom. The lowest BCUT2D eigenvalue weighted by molar-refractivity contribution is -0.126. The second-order valence-electron chi connectivity index (χ2n) is 7.24. The fourth-order valence-corrected chi connectivity index (χ4v) is 3.62. The van der Waals surface area contributed by atoms with E-state index in [-0.39, 0.29) is 37.2 Å². The van der Waals surface area contributed by atoms with Gasteiger partial charge in [0.15, 0.2) is 0 Å². The molecule has 1 aliphatic heterocycles. The molecule has 32 heavy (non-hydrogen) atoms. The molecule has 166 valence electrons. The molecule has 0 aliphatic carbocycles. The van der Waals surface area contributed by atoms with E-state index >= 15 is 0 Å². The van der Waals surface area contributed by atoms with Crippen molar-refractivity contribution < 1.29 is 23.9 Å². The van der Waals surface area contributed by atoms with E-state index in [1.165, 1.54) is 24.0 Å². The first-order chi connectivity index (χ1) is 15.4. The van der Waals surface area contributed by atoms with Crippen molar-refractivity contribution in [1.29, 1.82) is 0 Å². The number of nitrogens with zero attached hydrogens (tertiary/aromatic N) is 2. The number of terminal acetylenes is 1. The summed E-state index contributed by atoms with van der Waals surface area (Å²) in [5, 5.41) is 2.53. The van der Waals surface area contributed by atoms with Gasteiger partial charge in [-0.15, -0.1) is 6.42 Å². The normalized spacial score (nSPS) is 15.1. The number of ether oxygens (including phenoxy) is 2. The van der Waals surface area contributed by atoms with Crippen LogP contribution in [0.5, 0.6) is 11.5 Å². The molecule has 1 saturated heterocycles. The van der Waals surface area contributed by atoms with Crippen LogP contribution >= 0.6 is 0 Å². The van der Waals surface area contributed by atoms with Gasteiger partial charge in [-0.05, 0) is 30.3 Å². The molecule has 0 aromatic heterocycles. The highest BCUT2D eigenvalue weighted by atomic mass is 16.5. The first-order valence-electron chi connectivity index (χ1n) is 10.0. The van der Waals surface area contributed by atoms with Crippen molar-refractivity contribution in [2.75, 3.05) is 44.2 Å². The Morgan fingerprint density at radius 2 is 2.00 bits per heavy atom. The highest BCUT2D eigenvalue weighted by Gasteiger charge is 2.39. The van der Waals surface area contributed by atoms with E-state index in [0.717, 1.165) is 0 Å². The van der Waals surface area contributed by atoms with Crippen molar-refractivity contribution in [2.24, 2.45) is 5.92 Å². The first-order valence-corrected chi connectivity index (χ1v) is 10.0. The molecule has 3 rings (SSSR count). The minimum Gasteiger partial charge on any atom is -0.497 e. The number of carbonyl (C=O) groups excluding carboxylic acids is 3. The van der Waals surface area contributed by atoms with Crippen LogP contribution in [-0.4, -0.2) is 52.1 Å². The maximum absolute atomic E-state index is 13.4. The quantitative estimate of drug-likeness (QED) is 0.671. The average Bonchev–Trinajstić information content (AvgIpc) is 3.22. The molecular formula is C24H25N3O5. The molecule has 1 aliphatic rings. The van der Waals surface area contributed by atoms with Crippen LogP contribution in [0.25, 0.3) is 0 Å². The standard InChI is InChI=1S/C24H25N3O5/c1-5-16-7-6-8-18(11-16)26(15-22(28)25-2)24(30)17-12-23(29)27(14-17)20-10-9-19(31-3)13-21(20)32-4/h1,6-11,13,17H,12,14-15H2,2-4H3,(H,25,28). The van der Waals surface area contributed by atoms with Crippen LogP contribution in [0.3, 0.4) is 0 Å². The van der Waals surface area contributed by atoms with Gasteiger partial charge in [-0.25, -0.2) is 0 Å². The van der Waals surface area contributed by atoms with Crippen molar-refractivity contribution in [3.8, 4) is 23.8 Å². The Labute approximate surface area is 187 Å². The molecule has 0 saturated carbocycles. The van der Waals surface area contributed by atoms with Crippen molar-refractivity contribution in [2.45, 2.75) is 6.42 Å². The van der Waals surface area contributed by atoms with Gasteiger partial charge in [0, 0.05) is 37.3 Å². The van der Waals surface area contributed by atoms with E-state index < -0.39 is 5.92 Å². The van der Waals surface area contributed by atoms with E-state index in [9.17, 15) is 14.4 Å². The lowest BCUT2D eigenvalue weighted by Gasteiger charge is -2.25. The van der Waals surface area contributed by atoms with E-state index in [0.29, 0.717) is 28.4 Å². The van der Waals surface area contributed by atoms with Crippen LogP contribution in [0.1, 0.15) is 12.0 Å². The van der Waals surface area contributed by atoms with Crippen molar-refractivity contribution >= 4 is 29.1 Å². The summed E-state index contributed by atoms with van der Waals surface area (Å²) in [4.78, 5) is 41.3. The number of anilines is 2. The number of benzene rings is 2. The van der Waals surface area contributed by atoms with Gasteiger partial charge in [-0.1, -0.05) is 12.0 Å². The SMILES string of the molecule is C#Cc1cccc(N(CC(=O)NC)C(=O)C2CC(=O)N(c3ccc(OC)cc3OC)C2)c1. The summed E-state index contributed by atoms with van der Waals surface area (Å²) in [6.07, 6.45) is 5.51. The number of carbonyl (C=O) groups is 3. The van der Waals surface area contributed by atoms with Gasteiger partial charge in [-0.3, -0.25) is 14.4 Å². The molecule has 0 bridgehead atoms. The minimum atomic E-state index is -0.631. The largest absolute Gasteiger partial charge is 0.497 e. The predicted octanol–water partition coefficient (Wildman–Crippen LogP) is 1.82. The fourth-order valence-electron chi connectivity index (χ4n) is 3.62. The lowest BCUT2D eigenvalue weighted by atomic mass is 10.1. The van der Waals surface area contributed by atoms with Gasteiger partial charge in [0.05, 0.1) is 25.8 Å². The third-order valence-electron chi connectivity index (χ3n) is 5.32. The minimum absolute atomic E-state index is 0.0209. The zero-order valence-electron chi connectivity index (χ0n) is 18.3. The number of nitrogens with one attached hydrogen (secondary N) is 1. The molecule has 1 N–H and O–H groups in total. The molecule has 1 fully saturated rings. The third kappa shape index (κ3) is 4.67. The highest BCUT2D eigenvalue weighted by molar-refractivity contribution is 6.06. The van der Waals surface area contributed by atoms with Crippen LogP contribution in [0, 0.1) is 18.3 Å². The van der Waals surface area contributed by atoms with Gasteiger partial charge in [0.2, 0.25) is 17.7 Å². The van der Waals surface area contributed by atoms with Crippen LogP contribution < -0.4 is 24.6 Å². The summed E-state index contributed by atoms with van der Waals surface area (Å²) in [6.45, 7) is -0.0145. The number of hydrogen-bond donors (Lipinski definition) is 1. The van der Waals surface area contributed by atoms with Gasteiger partial charge in [0.1, 0.15) is 18.0 Å². The summed E-state index contributed by atoms with van der Waals surface area (Å²) in [5.74, 6) is 2.10. The summed E-state index contributed by atoms with van der Waals surface area (Å²) < 4.78 is 10.6. The Balaban J connectivity index is 1.89. The molecule has 1 heterocycles. The second-order valence-corrected chi connectivity index (χ2v) is 7.24. The molecule has 8 nitrogen and oxygen atoms in total. The average molecular weight is 435 g/mol. The summed E-state index contributed by atoms with van der Waals surface area (Å²) in [5.41, 5.74) is 1.65. The zero-order chi connectivity index (χ0) is 23.3. The Bertz CT molecular complexity index is 1080. The lowest BCUT2D eigenvalue weighted by Crippen LogP contribution is -2.43. The zero-order valence-corrected chi connectivity index (χ0v) is 18.3. The monoisotopic (exact) mass is 435 g/mol. The topological polar surface area (TPSA) is 88.2 Å². The van der Waals surface area contributed by atoms with Crippen LogP contribution in [0.2, 0.25) is 0 Å². The number of hydrogen-bond acceptors (Lipinski definition) is 5. The maximum atomic E-state index is 13.4. The van der Waals surface area contributed by atoms with Crippen molar-refractivity contribution in [1.82, 2.24) is 5.32 Å². The predicted molar refractivity (Wildman–Crippen MR) is 121 cm³/mol. The molecule has 1 atom stereocenters. The van der Waals surface area contributed by atoms with E-state index in [2.05, 4.69) is 11.2 Å².